The SMILES string of the molecule is CCOCOC[C@H](C[C@H](Cc1ccoc1)C(=O)NO)NC(=O)c1ccc([N+](=O)[O-])cc1. The second-order valence-corrected chi connectivity index (χ2v) is 6.70. The van der Waals surface area contributed by atoms with E-state index in [2.05, 4.69) is 5.32 Å². The van der Waals surface area contributed by atoms with Crippen molar-refractivity contribution in [2.24, 2.45) is 5.92 Å². The van der Waals surface area contributed by atoms with Gasteiger partial charge >= 0.3 is 0 Å². The van der Waals surface area contributed by atoms with Gasteiger partial charge in [0.2, 0.25) is 5.91 Å². The quantitative estimate of drug-likeness (QED) is 0.142. The number of nitrogens with one attached hydrogen (secondary N) is 2. The number of nitrogens with zero attached hydrogens (tertiary/aromatic N) is 1. The summed E-state index contributed by atoms with van der Waals surface area (Å²) >= 11 is 0. The van der Waals surface area contributed by atoms with E-state index >= 15 is 0 Å². The smallest absolute Gasteiger partial charge is 0.269 e. The summed E-state index contributed by atoms with van der Waals surface area (Å²) in [5.74, 6) is -1.77. The van der Waals surface area contributed by atoms with Crippen LogP contribution >= 0.6 is 0 Å². The molecule has 168 valence electrons. The first-order valence-corrected chi connectivity index (χ1v) is 9.60. The van der Waals surface area contributed by atoms with Gasteiger partial charge in [0.15, 0.2) is 0 Å². The van der Waals surface area contributed by atoms with Crippen molar-refractivity contribution in [3.8, 4) is 0 Å². The van der Waals surface area contributed by atoms with E-state index in [1.165, 1.54) is 36.8 Å². The zero-order valence-electron chi connectivity index (χ0n) is 17.0. The Kier molecular flexibility index (Phi) is 9.62. The molecule has 0 bridgehead atoms. The molecule has 0 aliphatic carbocycles. The predicted molar refractivity (Wildman–Crippen MR) is 107 cm³/mol. The van der Waals surface area contributed by atoms with Crippen LogP contribution in [0.2, 0.25) is 0 Å². The number of rotatable bonds is 13. The van der Waals surface area contributed by atoms with Crippen LogP contribution in [0.1, 0.15) is 29.3 Å². The molecule has 0 unspecified atom stereocenters. The maximum Gasteiger partial charge on any atom is 0.269 e. The highest BCUT2D eigenvalue weighted by atomic mass is 16.7. The van der Waals surface area contributed by atoms with E-state index in [0.29, 0.717) is 6.61 Å². The molecule has 2 rings (SSSR count). The van der Waals surface area contributed by atoms with Crippen molar-refractivity contribution in [3.63, 3.8) is 0 Å². The van der Waals surface area contributed by atoms with Crippen molar-refractivity contribution < 1.29 is 33.6 Å². The van der Waals surface area contributed by atoms with Crippen molar-refractivity contribution in [1.82, 2.24) is 10.8 Å². The standard InChI is InChI=1S/C20H25N3O8/c1-2-29-13-31-12-17(10-16(20(25)22-26)9-14-7-8-30-11-14)21-19(24)15-3-5-18(6-4-15)23(27)28/h3-8,11,16-17,26H,2,9-10,12-13H2,1H3,(H,21,24)(H,22,25)/t16-,17-/m0/s1. The molecule has 0 radical (unpaired) electrons. The summed E-state index contributed by atoms with van der Waals surface area (Å²) in [7, 11) is 0. The third-order valence-corrected chi connectivity index (χ3v) is 4.48. The second-order valence-electron chi connectivity index (χ2n) is 6.70. The number of hydroxylamine groups is 1. The van der Waals surface area contributed by atoms with E-state index < -0.39 is 28.7 Å². The van der Waals surface area contributed by atoms with Gasteiger partial charge in [-0.05, 0) is 43.5 Å². The fourth-order valence-corrected chi connectivity index (χ4v) is 2.92. The van der Waals surface area contributed by atoms with Gasteiger partial charge in [-0.15, -0.1) is 0 Å². The van der Waals surface area contributed by atoms with Gasteiger partial charge in [-0.3, -0.25) is 24.9 Å². The summed E-state index contributed by atoms with van der Waals surface area (Å²) in [4.78, 5) is 35.0. The van der Waals surface area contributed by atoms with Crippen LogP contribution in [0.3, 0.4) is 0 Å². The van der Waals surface area contributed by atoms with Gasteiger partial charge in [0.25, 0.3) is 11.6 Å². The largest absolute Gasteiger partial charge is 0.472 e. The van der Waals surface area contributed by atoms with E-state index in [9.17, 15) is 19.7 Å². The molecule has 0 saturated heterocycles. The van der Waals surface area contributed by atoms with Crippen molar-refractivity contribution in [3.05, 3.63) is 64.1 Å². The van der Waals surface area contributed by atoms with Gasteiger partial charge < -0.3 is 19.2 Å². The molecule has 0 saturated carbocycles. The van der Waals surface area contributed by atoms with Gasteiger partial charge in [-0.1, -0.05) is 0 Å². The first-order chi connectivity index (χ1) is 14.9. The summed E-state index contributed by atoms with van der Waals surface area (Å²) in [5, 5.41) is 22.7. The minimum atomic E-state index is -0.680. The van der Waals surface area contributed by atoms with E-state index in [-0.39, 0.29) is 37.5 Å². The average molecular weight is 435 g/mol. The number of nitro benzene ring substituents is 1. The third-order valence-electron chi connectivity index (χ3n) is 4.48. The monoisotopic (exact) mass is 435 g/mol. The molecule has 2 amide bonds. The minimum absolute atomic E-state index is 0.0129. The highest BCUT2D eigenvalue weighted by molar-refractivity contribution is 5.94. The van der Waals surface area contributed by atoms with Gasteiger partial charge in [0.1, 0.15) is 6.79 Å². The lowest BCUT2D eigenvalue weighted by Crippen LogP contribution is -2.42. The Morgan fingerprint density at radius 3 is 2.55 bits per heavy atom. The number of hydrogen-bond donors (Lipinski definition) is 3. The number of non-ortho nitro benzene ring substituents is 1. The first-order valence-electron chi connectivity index (χ1n) is 9.60. The molecule has 0 aliphatic rings. The minimum Gasteiger partial charge on any atom is -0.472 e. The molecule has 11 nitrogen and oxygen atoms in total. The maximum atomic E-state index is 12.6. The highest BCUT2D eigenvalue weighted by Gasteiger charge is 2.25. The third kappa shape index (κ3) is 7.81. The van der Waals surface area contributed by atoms with E-state index in [1.54, 1.807) is 11.5 Å². The number of ether oxygens (including phenoxy) is 2. The maximum absolute atomic E-state index is 12.6. The molecule has 0 fully saturated rings. The van der Waals surface area contributed by atoms with Crippen LogP contribution in [0.4, 0.5) is 5.69 Å². The van der Waals surface area contributed by atoms with Gasteiger partial charge in [-0.25, -0.2) is 5.48 Å². The van der Waals surface area contributed by atoms with Gasteiger partial charge in [0.05, 0.1) is 30.1 Å². The first kappa shape index (κ1) is 24.0. The summed E-state index contributed by atoms with van der Waals surface area (Å²) in [6, 6.07) is 6.25. The predicted octanol–water partition coefficient (Wildman–Crippen LogP) is 2.05. The number of amides is 2. The zero-order valence-corrected chi connectivity index (χ0v) is 17.0. The normalized spacial score (nSPS) is 12.7. The van der Waals surface area contributed by atoms with Gasteiger partial charge in [-0.2, -0.15) is 0 Å². The van der Waals surface area contributed by atoms with Crippen molar-refractivity contribution in [2.75, 3.05) is 20.0 Å². The molecule has 1 aromatic heterocycles. The van der Waals surface area contributed by atoms with Crippen LogP contribution in [0.15, 0.2) is 47.3 Å². The average Bonchev–Trinajstić information content (AvgIpc) is 3.28. The summed E-state index contributed by atoms with van der Waals surface area (Å²) in [5.41, 5.74) is 2.49. The highest BCUT2D eigenvalue weighted by Crippen LogP contribution is 2.17. The molecule has 0 aliphatic heterocycles. The lowest BCUT2D eigenvalue weighted by molar-refractivity contribution is -0.384. The Bertz CT molecular complexity index is 839. The molecule has 0 spiro atoms. The van der Waals surface area contributed by atoms with Crippen LogP contribution < -0.4 is 10.8 Å². The lowest BCUT2D eigenvalue weighted by atomic mass is 9.93. The van der Waals surface area contributed by atoms with Crippen LogP contribution in [0.25, 0.3) is 0 Å². The van der Waals surface area contributed by atoms with Gasteiger partial charge in [0, 0.05) is 30.2 Å². The number of nitro groups is 1. The summed E-state index contributed by atoms with van der Waals surface area (Å²) < 4.78 is 15.6. The summed E-state index contributed by atoms with van der Waals surface area (Å²) in [6.45, 7) is 2.33. The molecule has 2 atom stereocenters. The number of carbonyl (C=O) groups excluding carboxylic acids is 2. The van der Waals surface area contributed by atoms with E-state index in [1.807, 2.05) is 6.92 Å². The van der Waals surface area contributed by atoms with Crippen molar-refractivity contribution in [1.29, 1.82) is 0 Å². The Labute approximate surface area is 178 Å². The molecule has 2 aromatic rings. The Morgan fingerprint density at radius 2 is 1.97 bits per heavy atom. The van der Waals surface area contributed by atoms with Crippen LogP contribution in [0.5, 0.6) is 0 Å². The number of benzene rings is 1. The fourth-order valence-electron chi connectivity index (χ4n) is 2.92. The Hall–Kier alpha value is -3.28. The van der Waals surface area contributed by atoms with Crippen LogP contribution in [-0.2, 0) is 20.7 Å². The Morgan fingerprint density at radius 1 is 1.23 bits per heavy atom. The number of carbonyl (C=O) groups is 2. The molecular formula is C20H25N3O8. The number of hydrogen-bond acceptors (Lipinski definition) is 8. The Balaban J connectivity index is 2.10. The molecule has 1 aromatic carbocycles. The molecule has 3 N–H and O–H groups in total. The van der Waals surface area contributed by atoms with Crippen LogP contribution in [0, 0.1) is 16.0 Å². The molecule has 11 heteroatoms. The van der Waals surface area contributed by atoms with Crippen molar-refractivity contribution >= 4 is 17.5 Å². The molecular weight excluding hydrogens is 410 g/mol. The zero-order chi connectivity index (χ0) is 22.6. The molecule has 1 heterocycles. The topological polar surface area (TPSA) is 153 Å². The lowest BCUT2D eigenvalue weighted by Gasteiger charge is -2.23. The van der Waals surface area contributed by atoms with E-state index in [0.717, 1.165) is 5.56 Å². The molecule has 31 heavy (non-hydrogen) atoms. The number of furan rings is 1. The second kappa shape index (κ2) is 12.4. The van der Waals surface area contributed by atoms with Crippen LogP contribution in [-0.4, -0.2) is 48.0 Å². The fraction of sp³-hybridized carbons (Fsp3) is 0.400. The van der Waals surface area contributed by atoms with E-state index in [4.69, 9.17) is 19.1 Å². The van der Waals surface area contributed by atoms with Crippen molar-refractivity contribution in [2.45, 2.75) is 25.8 Å². The summed E-state index contributed by atoms with van der Waals surface area (Å²) in [6.07, 6.45) is 3.40.